The molecular formula is C16H20BrNS. The van der Waals surface area contributed by atoms with E-state index in [1.54, 1.807) is 0 Å². The summed E-state index contributed by atoms with van der Waals surface area (Å²) in [4.78, 5) is 2.85. The summed E-state index contributed by atoms with van der Waals surface area (Å²) in [6.45, 7) is 7.46. The van der Waals surface area contributed by atoms with Gasteiger partial charge in [-0.05, 0) is 49.2 Å². The first-order valence-corrected chi connectivity index (χ1v) is 8.34. The molecule has 102 valence electrons. The van der Waals surface area contributed by atoms with Crippen LogP contribution in [0.5, 0.6) is 0 Å². The van der Waals surface area contributed by atoms with Crippen LogP contribution in [-0.4, -0.2) is 6.54 Å². The van der Waals surface area contributed by atoms with Crippen molar-refractivity contribution >= 4 is 27.3 Å². The second kappa shape index (κ2) is 6.69. The van der Waals surface area contributed by atoms with Gasteiger partial charge >= 0.3 is 0 Å². The highest BCUT2D eigenvalue weighted by Gasteiger charge is 2.15. The fourth-order valence-electron chi connectivity index (χ4n) is 2.12. The van der Waals surface area contributed by atoms with Gasteiger partial charge < -0.3 is 5.32 Å². The quantitative estimate of drug-likeness (QED) is 0.802. The Kier molecular flexibility index (Phi) is 5.20. The summed E-state index contributed by atoms with van der Waals surface area (Å²) in [5, 5.41) is 3.59. The second-order valence-electron chi connectivity index (χ2n) is 4.66. The van der Waals surface area contributed by atoms with Crippen molar-refractivity contribution in [3.05, 3.63) is 55.7 Å². The van der Waals surface area contributed by atoms with Crippen LogP contribution in [-0.2, 0) is 6.42 Å². The molecular weight excluding hydrogens is 318 g/mol. The van der Waals surface area contributed by atoms with Crippen molar-refractivity contribution in [2.24, 2.45) is 0 Å². The lowest BCUT2D eigenvalue weighted by molar-refractivity contribution is 0.639. The van der Waals surface area contributed by atoms with Crippen LogP contribution >= 0.6 is 27.3 Å². The third kappa shape index (κ3) is 3.47. The van der Waals surface area contributed by atoms with Gasteiger partial charge in [-0.25, -0.2) is 0 Å². The summed E-state index contributed by atoms with van der Waals surface area (Å²) in [6.07, 6.45) is 1.11. The van der Waals surface area contributed by atoms with Crippen LogP contribution in [0.2, 0.25) is 0 Å². The van der Waals surface area contributed by atoms with Gasteiger partial charge in [0, 0.05) is 14.2 Å². The Labute approximate surface area is 128 Å². The van der Waals surface area contributed by atoms with E-state index in [2.05, 4.69) is 72.3 Å². The Balaban J connectivity index is 2.35. The number of thiophene rings is 1. The number of nitrogens with one attached hydrogen (secondary N) is 1. The van der Waals surface area contributed by atoms with Gasteiger partial charge in [-0.15, -0.1) is 11.3 Å². The van der Waals surface area contributed by atoms with Crippen LogP contribution in [0.3, 0.4) is 0 Å². The first kappa shape index (κ1) is 14.8. The average Bonchev–Trinajstić information content (AvgIpc) is 2.88. The van der Waals surface area contributed by atoms with Gasteiger partial charge in [0.05, 0.1) is 6.04 Å². The van der Waals surface area contributed by atoms with E-state index in [0.717, 1.165) is 13.0 Å². The molecule has 0 aliphatic carbocycles. The molecule has 0 radical (unpaired) electrons. The summed E-state index contributed by atoms with van der Waals surface area (Å²) in [5.41, 5.74) is 2.60. The molecule has 0 aliphatic rings. The largest absolute Gasteiger partial charge is 0.306 e. The lowest BCUT2D eigenvalue weighted by Crippen LogP contribution is -2.21. The topological polar surface area (TPSA) is 12.0 Å². The second-order valence-corrected chi connectivity index (χ2v) is 6.71. The number of aryl methyl sites for hydroxylation is 2. The fraction of sp³-hybridized carbons (Fsp3) is 0.375. The molecule has 1 unspecified atom stereocenters. The van der Waals surface area contributed by atoms with Crippen molar-refractivity contribution in [2.45, 2.75) is 33.2 Å². The summed E-state index contributed by atoms with van der Waals surface area (Å²) >= 11 is 5.54. The van der Waals surface area contributed by atoms with Crippen molar-refractivity contribution in [1.29, 1.82) is 0 Å². The Hall–Kier alpha value is -0.640. The molecule has 3 heteroatoms. The Morgan fingerprint density at radius 1 is 1.21 bits per heavy atom. The number of rotatable bonds is 5. The van der Waals surface area contributed by atoms with Gasteiger partial charge in [-0.3, -0.25) is 0 Å². The van der Waals surface area contributed by atoms with E-state index < -0.39 is 0 Å². The SMILES string of the molecule is CCNC(c1ccc(C)c(Br)c1)c1ccc(CC)s1. The van der Waals surface area contributed by atoms with Crippen LogP contribution in [0.4, 0.5) is 0 Å². The highest BCUT2D eigenvalue weighted by atomic mass is 79.9. The lowest BCUT2D eigenvalue weighted by Gasteiger charge is -2.18. The standard InChI is InChI=1S/C16H20BrNS/c1-4-13-8-9-15(19-13)16(18-5-2)12-7-6-11(3)14(17)10-12/h6-10,16,18H,4-5H2,1-3H3. The van der Waals surface area contributed by atoms with Crippen molar-refractivity contribution in [1.82, 2.24) is 5.32 Å². The van der Waals surface area contributed by atoms with Gasteiger partial charge in [-0.1, -0.05) is 41.9 Å². The molecule has 0 amide bonds. The maximum Gasteiger partial charge on any atom is 0.0671 e. The summed E-state index contributed by atoms with van der Waals surface area (Å²) in [7, 11) is 0. The van der Waals surface area contributed by atoms with Crippen LogP contribution in [0, 0.1) is 6.92 Å². The summed E-state index contributed by atoms with van der Waals surface area (Å²) in [6, 6.07) is 11.4. The van der Waals surface area contributed by atoms with Crippen LogP contribution in [0.25, 0.3) is 0 Å². The van der Waals surface area contributed by atoms with E-state index in [1.165, 1.54) is 25.4 Å². The molecule has 1 atom stereocenters. The molecule has 19 heavy (non-hydrogen) atoms. The minimum absolute atomic E-state index is 0.298. The number of halogens is 1. The van der Waals surface area contributed by atoms with E-state index in [-0.39, 0.29) is 0 Å². The minimum atomic E-state index is 0.298. The monoisotopic (exact) mass is 337 g/mol. The maximum atomic E-state index is 3.63. The van der Waals surface area contributed by atoms with Crippen molar-refractivity contribution in [3.63, 3.8) is 0 Å². The minimum Gasteiger partial charge on any atom is -0.306 e. The van der Waals surface area contributed by atoms with E-state index in [9.17, 15) is 0 Å². The van der Waals surface area contributed by atoms with E-state index in [1.807, 2.05) is 11.3 Å². The summed E-state index contributed by atoms with van der Waals surface area (Å²) < 4.78 is 1.18. The summed E-state index contributed by atoms with van der Waals surface area (Å²) in [5.74, 6) is 0. The van der Waals surface area contributed by atoms with E-state index in [0.29, 0.717) is 6.04 Å². The molecule has 0 spiro atoms. The van der Waals surface area contributed by atoms with Crippen molar-refractivity contribution in [2.75, 3.05) is 6.54 Å². The first-order valence-electron chi connectivity index (χ1n) is 6.73. The smallest absolute Gasteiger partial charge is 0.0671 e. The molecule has 0 saturated heterocycles. The molecule has 0 saturated carbocycles. The highest BCUT2D eigenvalue weighted by Crippen LogP contribution is 2.31. The highest BCUT2D eigenvalue weighted by molar-refractivity contribution is 9.10. The number of hydrogen-bond acceptors (Lipinski definition) is 2. The predicted octanol–water partition coefficient (Wildman–Crippen LogP) is 5.08. The normalized spacial score (nSPS) is 12.6. The molecule has 0 bridgehead atoms. The predicted molar refractivity (Wildman–Crippen MR) is 88.1 cm³/mol. The molecule has 2 aromatic rings. The zero-order valence-electron chi connectivity index (χ0n) is 11.7. The van der Waals surface area contributed by atoms with Crippen molar-refractivity contribution in [3.8, 4) is 0 Å². The number of benzene rings is 1. The molecule has 1 nitrogen and oxygen atoms in total. The Morgan fingerprint density at radius 2 is 2.00 bits per heavy atom. The van der Waals surface area contributed by atoms with E-state index in [4.69, 9.17) is 0 Å². The first-order chi connectivity index (χ1) is 9.15. The maximum absolute atomic E-state index is 3.63. The van der Waals surface area contributed by atoms with Crippen LogP contribution in [0.15, 0.2) is 34.8 Å². The molecule has 2 rings (SSSR count). The molecule has 1 aromatic heterocycles. The molecule has 0 fully saturated rings. The number of hydrogen-bond donors (Lipinski definition) is 1. The van der Waals surface area contributed by atoms with Gasteiger partial charge in [-0.2, -0.15) is 0 Å². The fourth-order valence-corrected chi connectivity index (χ4v) is 3.57. The zero-order valence-corrected chi connectivity index (χ0v) is 14.1. The molecule has 0 aliphatic heterocycles. The van der Waals surface area contributed by atoms with Gasteiger partial charge in [0.2, 0.25) is 0 Å². The van der Waals surface area contributed by atoms with Gasteiger partial charge in [0.15, 0.2) is 0 Å². The molecule has 1 aromatic carbocycles. The third-order valence-corrected chi connectivity index (χ3v) is 5.40. The average molecular weight is 338 g/mol. The van der Waals surface area contributed by atoms with Crippen molar-refractivity contribution < 1.29 is 0 Å². The Morgan fingerprint density at radius 3 is 2.58 bits per heavy atom. The lowest BCUT2D eigenvalue weighted by atomic mass is 10.0. The molecule has 1 N–H and O–H groups in total. The van der Waals surface area contributed by atoms with Crippen LogP contribution < -0.4 is 5.32 Å². The van der Waals surface area contributed by atoms with E-state index >= 15 is 0 Å². The van der Waals surface area contributed by atoms with Gasteiger partial charge in [0.1, 0.15) is 0 Å². The third-order valence-electron chi connectivity index (χ3n) is 3.25. The molecule has 1 heterocycles. The zero-order chi connectivity index (χ0) is 13.8. The van der Waals surface area contributed by atoms with Crippen LogP contribution in [0.1, 0.15) is 40.8 Å². The Bertz CT molecular complexity index is 547. The van der Waals surface area contributed by atoms with Gasteiger partial charge in [0.25, 0.3) is 0 Å².